The van der Waals surface area contributed by atoms with Crippen LogP contribution in [0.3, 0.4) is 0 Å². The molecular weight excluding hydrogens is 219 g/mol. The number of hydrogen-bond acceptors (Lipinski definition) is 3. The summed E-state index contributed by atoms with van der Waals surface area (Å²) in [5.74, 6) is 0.112. The number of nitrogens with one attached hydrogen (secondary N) is 1. The van der Waals surface area contributed by atoms with E-state index in [1.807, 2.05) is 6.92 Å². The van der Waals surface area contributed by atoms with E-state index < -0.39 is 5.60 Å². The number of hydrogen-bond donors (Lipinski definition) is 2. The van der Waals surface area contributed by atoms with E-state index in [-0.39, 0.29) is 5.82 Å². The molecular formula is C13H21FN2O. The minimum absolute atomic E-state index is 0.335. The summed E-state index contributed by atoms with van der Waals surface area (Å²) in [5, 5.41) is 13.2. The van der Waals surface area contributed by atoms with Crippen molar-refractivity contribution in [2.24, 2.45) is 5.92 Å². The van der Waals surface area contributed by atoms with E-state index in [4.69, 9.17) is 0 Å². The Kier molecular flexibility index (Phi) is 5.02. The number of rotatable bonds is 6. The molecule has 1 unspecified atom stereocenters. The number of aromatic nitrogens is 1. The highest BCUT2D eigenvalue weighted by atomic mass is 19.1. The Morgan fingerprint density at radius 1 is 1.47 bits per heavy atom. The number of nitrogens with zero attached hydrogens (tertiary/aromatic N) is 1. The zero-order chi connectivity index (χ0) is 12.9. The summed E-state index contributed by atoms with van der Waals surface area (Å²) >= 11 is 0. The summed E-state index contributed by atoms with van der Waals surface area (Å²) in [6.07, 6.45) is 3.53. The lowest BCUT2D eigenvalue weighted by atomic mass is 9.94. The van der Waals surface area contributed by atoms with Gasteiger partial charge < -0.3 is 10.4 Å². The molecule has 0 aliphatic carbocycles. The van der Waals surface area contributed by atoms with Gasteiger partial charge in [0.15, 0.2) is 0 Å². The topological polar surface area (TPSA) is 45.1 Å². The Bertz CT molecular complexity index is 353. The molecule has 3 nitrogen and oxygen atoms in total. The Hall–Kier alpha value is -1.00. The van der Waals surface area contributed by atoms with Gasteiger partial charge in [0.05, 0.1) is 11.8 Å². The summed E-state index contributed by atoms with van der Waals surface area (Å²) in [7, 11) is 0. The van der Waals surface area contributed by atoms with Crippen molar-refractivity contribution in [2.45, 2.75) is 39.3 Å². The van der Waals surface area contributed by atoms with E-state index in [2.05, 4.69) is 24.1 Å². The Morgan fingerprint density at radius 3 is 2.76 bits per heavy atom. The first-order valence-corrected chi connectivity index (χ1v) is 5.91. The lowest BCUT2D eigenvalue weighted by molar-refractivity contribution is 0.0383. The summed E-state index contributed by atoms with van der Waals surface area (Å²) in [4.78, 5) is 3.77. The number of pyridine rings is 1. The van der Waals surface area contributed by atoms with Crippen molar-refractivity contribution in [3.8, 4) is 0 Å². The molecule has 1 aromatic heterocycles. The molecule has 0 amide bonds. The summed E-state index contributed by atoms with van der Waals surface area (Å²) in [6, 6.07) is 1.44. The van der Waals surface area contributed by atoms with Crippen LogP contribution in [-0.4, -0.2) is 22.2 Å². The second-order valence-corrected chi connectivity index (χ2v) is 5.21. The quantitative estimate of drug-likeness (QED) is 0.800. The van der Waals surface area contributed by atoms with E-state index in [1.54, 1.807) is 6.20 Å². The fourth-order valence-corrected chi connectivity index (χ4v) is 1.98. The third-order valence-electron chi connectivity index (χ3n) is 2.44. The maximum atomic E-state index is 12.9. The van der Waals surface area contributed by atoms with Crippen molar-refractivity contribution in [1.29, 1.82) is 0 Å². The Balaban J connectivity index is 2.37. The van der Waals surface area contributed by atoms with Crippen LogP contribution in [0, 0.1) is 11.7 Å². The average Bonchev–Trinajstić information content (AvgIpc) is 2.15. The van der Waals surface area contributed by atoms with Gasteiger partial charge in [0.2, 0.25) is 0 Å². The SMILES string of the molecule is CC(C)CC(C)(O)CNCc1cncc(F)c1. The lowest BCUT2D eigenvalue weighted by Crippen LogP contribution is -2.38. The molecule has 17 heavy (non-hydrogen) atoms. The van der Waals surface area contributed by atoms with E-state index in [0.717, 1.165) is 12.0 Å². The molecule has 96 valence electrons. The zero-order valence-corrected chi connectivity index (χ0v) is 10.7. The molecule has 2 N–H and O–H groups in total. The van der Waals surface area contributed by atoms with E-state index in [1.165, 1.54) is 12.3 Å². The highest BCUT2D eigenvalue weighted by Gasteiger charge is 2.20. The van der Waals surface area contributed by atoms with Gasteiger partial charge in [-0.1, -0.05) is 13.8 Å². The average molecular weight is 240 g/mol. The molecule has 0 spiro atoms. The molecule has 1 aromatic rings. The van der Waals surface area contributed by atoms with Crippen LogP contribution in [0.1, 0.15) is 32.8 Å². The molecule has 4 heteroatoms. The summed E-state index contributed by atoms with van der Waals surface area (Å²) < 4.78 is 12.9. The van der Waals surface area contributed by atoms with Crippen molar-refractivity contribution in [3.63, 3.8) is 0 Å². The van der Waals surface area contributed by atoms with Gasteiger partial charge in [-0.05, 0) is 30.9 Å². The Morgan fingerprint density at radius 2 is 2.18 bits per heavy atom. The molecule has 0 radical (unpaired) electrons. The van der Waals surface area contributed by atoms with Gasteiger partial charge in [-0.15, -0.1) is 0 Å². The van der Waals surface area contributed by atoms with Crippen LogP contribution in [0.2, 0.25) is 0 Å². The van der Waals surface area contributed by atoms with Crippen LogP contribution in [-0.2, 0) is 6.54 Å². The van der Waals surface area contributed by atoms with Crippen molar-refractivity contribution >= 4 is 0 Å². The van der Waals surface area contributed by atoms with Gasteiger partial charge in [-0.25, -0.2) is 4.39 Å². The minimum Gasteiger partial charge on any atom is -0.389 e. The zero-order valence-electron chi connectivity index (χ0n) is 10.7. The fraction of sp³-hybridized carbons (Fsp3) is 0.615. The van der Waals surface area contributed by atoms with Crippen molar-refractivity contribution in [1.82, 2.24) is 10.3 Å². The molecule has 0 aliphatic rings. The normalized spacial score (nSPS) is 14.9. The monoisotopic (exact) mass is 240 g/mol. The Labute approximate surface area is 102 Å². The molecule has 1 atom stereocenters. The van der Waals surface area contributed by atoms with Crippen LogP contribution in [0.5, 0.6) is 0 Å². The van der Waals surface area contributed by atoms with Crippen LogP contribution < -0.4 is 5.32 Å². The maximum Gasteiger partial charge on any atom is 0.141 e. The van der Waals surface area contributed by atoms with Gasteiger partial charge in [0.1, 0.15) is 5.82 Å². The highest BCUT2D eigenvalue weighted by Crippen LogP contribution is 2.15. The van der Waals surface area contributed by atoms with Crippen LogP contribution >= 0.6 is 0 Å². The van der Waals surface area contributed by atoms with Crippen LogP contribution in [0.25, 0.3) is 0 Å². The van der Waals surface area contributed by atoms with Gasteiger partial charge >= 0.3 is 0 Å². The molecule has 1 heterocycles. The third kappa shape index (κ3) is 5.75. The second-order valence-electron chi connectivity index (χ2n) is 5.21. The maximum absolute atomic E-state index is 12.9. The smallest absolute Gasteiger partial charge is 0.141 e. The molecule has 0 aromatic carbocycles. The molecule has 0 aliphatic heterocycles. The van der Waals surface area contributed by atoms with E-state index >= 15 is 0 Å². The van der Waals surface area contributed by atoms with Crippen molar-refractivity contribution in [2.75, 3.05) is 6.54 Å². The number of aliphatic hydroxyl groups is 1. The van der Waals surface area contributed by atoms with Gasteiger partial charge in [0, 0.05) is 19.3 Å². The van der Waals surface area contributed by atoms with E-state index in [0.29, 0.717) is 19.0 Å². The fourth-order valence-electron chi connectivity index (χ4n) is 1.98. The van der Waals surface area contributed by atoms with E-state index in [9.17, 15) is 9.50 Å². The molecule has 0 saturated carbocycles. The lowest BCUT2D eigenvalue weighted by Gasteiger charge is -2.25. The first-order chi connectivity index (χ1) is 7.89. The van der Waals surface area contributed by atoms with Crippen LogP contribution in [0.15, 0.2) is 18.5 Å². The molecule has 0 bridgehead atoms. The van der Waals surface area contributed by atoms with Gasteiger partial charge in [-0.2, -0.15) is 0 Å². The number of halogens is 1. The van der Waals surface area contributed by atoms with Crippen molar-refractivity contribution < 1.29 is 9.50 Å². The van der Waals surface area contributed by atoms with Gasteiger partial charge in [0.25, 0.3) is 0 Å². The predicted octanol–water partition coefficient (Wildman–Crippen LogP) is 2.11. The minimum atomic E-state index is -0.727. The molecule has 0 fully saturated rings. The van der Waals surface area contributed by atoms with Gasteiger partial charge in [-0.3, -0.25) is 4.98 Å². The first kappa shape index (κ1) is 14.1. The van der Waals surface area contributed by atoms with Crippen molar-refractivity contribution in [3.05, 3.63) is 29.8 Å². The summed E-state index contributed by atoms with van der Waals surface area (Å²) in [6.45, 7) is 6.96. The standard InChI is InChI=1S/C13H21FN2O/c1-10(2)5-13(3,17)9-16-7-11-4-12(14)8-15-6-11/h4,6,8,10,16-17H,5,7,9H2,1-3H3. The van der Waals surface area contributed by atoms with Crippen LogP contribution in [0.4, 0.5) is 4.39 Å². The predicted molar refractivity (Wildman–Crippen MR) is 66.0 cm³/mol. The molecule has 1 rings (SSSR count). The summed E-state index contributed by atoms with van der Waals surface area (Å²) in [5.41, 5.74) is 0.0555. The third-order valence-corrected chi connectivity index (χ3v) is 2.44. The largest absolute Gasteiger partial charge is 0.389 e. The molecule has 0 saturated heterocycles. The highest BCUT2D eigenvalue weighted by molar-refractivity contribution is 5.09. The second kappa shape index (κ2) is 6.07. The first-order valence-electron chi connectivity index (χ1n) is 5.91.